The van der Waals surface area contributed by atoms with Gasteiger partial charge in [0.15, 0.2) is 0 Å². The first kappa shape index (κ1) is 15.0. The van der Waals surface area contributed by atoms with Crippen LogP contribution in [0.2, 0.25) is 0 Å². The molecule has 0 atom stereocenters. The molecule has 1 amide bonds. The fourth-order valence-corrected chi connectivity index (χ4v) is 1.84. The zero-order valence-corrected chi connectivity index (χ0v) is 11.0. The van der Waals surface area contributed by atoms with Crippen molar-refractivity contribution in [2.24, 2.45) is 0 Å². The van der Waals surface area contributed by atoms with Gasteiger partial charge >= 0.3 is 6.18 Å². The molecule has 2 nitrogen and oxygen atoms in total. The Labute approximate surface area is 118 Å². The molecule has 2 rings (SSSR count). The molecule has 0 unspecified atom stereocenters. The van der Waals surface area contributed by atoms with Crippen molar-refractivity contribution >= 4 is 11.6 Å². The summed E-state index contributed by atoms with van der Waals surface area (Å²) in [7, 11) is 1.44. The summed E-state index contributed by atoms with van der Waals surface area (Å²) in [5, 5.41) is 0. The topological polar surface area (TPSA) is 20.3 Å². The Bertz CT molecular complexity index is 652. The van der Waals surface area contributed by atoms with Gasteiger partial charge in [0.1, 0.15) is 5.82 Å². The lowest BCUT2D eigenvalue weighted by atomic mass is 10.1. The van der Waals surface area contributed by atoms with Gasteiger partial charge in [-0.2, -0.15) is 13.2 Å². The van der Waals surface area contributed by atoms with E-state index < -0.39 is 23.5 Å². The molecule has 2 aromatic rings. The van der Waals surface area contributed by atoms with Crippen LogP contribution in [0.4, 0.5) is 23.2 Å². The molecule has 0 aliphatic heterocycles. The van der Waals surface area contributed by atoms with E-state index in [4.69, 9.17) is 0 Å². The van der Waals surface area contributed by atoms with Crippen LogP contribution in [0.3, 0.4) is 0 Å². The lowest BCUT2D eigenvalue weighted by Gasteiger charge is -2.18. The summed E-state index contributed by atoms with van der Waals surface area (Å²) < 4.78 is 51.2. The van der Waals surface area contributed by atoms with Crippen LogP contribution in [0, 0.1) is 5.82 Å². The van der Waals surface area contributed by atoms with Gasteiger partial charge in [0, 0.05) is 18.3 Å². The summed E-state index contributed by atoms with van der Waals surface area (Å²) in [6, 6.07) is 10.6. The zero-order valence-electron chi connectivity index (χ0n) is 11.0. The Morgan fingerprint density at radius 1 is 1.05 bits per heavy atom. The first-order chi connectivity index (χ1) is 9.80. The molecule has 0 bridgehead atoms. The van der Waals surface area contributed by atoms with E-state index in [-0.39, 0.29) is 5.56 Å². The number of benzene rings is 2. The molecule has 0 N–H and O–H groups in total. The fourth-order valence-electron chi connectivity index (χ4n) is 1.84. The average Bonchev–Trinajstić information content (AvgIpc) is 2.46. The van der Waals surface area contributed by atoms with Crippen LogP contribution in [0.15, 0.2) is 48.5 Å². The van der Waals surface area contributed by atoms with Crippen LogP contribution in [0.25, 0.3) is 0 Å². The first-order valence-electron chi connectivity index (χ1n) is 6.00. The summed E-state index contributed by atoms with van der Waals surface area (Å²) in [4.78, 5) is 13.4. The third-order valence-corrected chi connectivity index (χ3v) is 2.97. The highest BCUT2D eigenvalue weighted by Crippen LogP contribution is 2.32. The number of alkyl halides is 3. The van der Waals surface area contributed by atoms with Crippen molar-refractivity contribution in [2.45, 2.75) is 6.18 Å². The summed E-state index contributed by atoms with van der Waals surface area (Å²) >= 11 is 0. The molecule has 0 heterocycles. The van der Waals surface area contributed by atoms with Crippen molar-refractivity contribution in [1.29, 1.82) is 0 Å². The SMILES string of the molecule is CN(C(=O)c1ccc(F)c(C(F)(F)F)c1)c1ccccc1. The maximum Gasteiger partial charge on any atom is 0.419 e. The third kappa shape index (κ3) is 3.21. The number of rotatable bonds is 2. The first-order valence-corrected chi connectivity index (χ1v) is 6.00. The van der Waals surface area contributed by atoms with Gasteiger partial charge in [-0.15, -0.1) is 0 Å². The molecule has 0 fully saturated rings. The van der Waals surface area contributed by atoms with Crippen LogP contribution in [-0.4, -0.2) is 13.0 Å². The van der Waals surface area contributed by atoms with Gasteiger partial charge in [-0.3, -0.25) is 4.79 Å². The number of hydrogen-bond donors (Lipinski definition) is 0. The lowest BCUT2D eigenvalue weighted by molar-refractivity contribution is -0.140. The average molecular weight is 297 g/mol. The van der Waals surface area contributed by atoms with Gasteiger partial charge in [0.25, 0.3) is 5.91 Å². The Morgan fingerprint density at radius 2 is 1.67 bits per heavy atom. The smallest absolute Gasteiger partial charge is 0.311 e. The number of halogens is 4. The number of nitrogens with zero attached hydrogens (tertiary/aromatic N) is 1. The molecular formula is C15H11F4NO. The zero-order chi connectivity index (χ0) is 15.6. The molecular weight excluding hydrogens is 286 g/mol. The van der Waals surface area contributed by atoms with Crippen LogP contribution in [0.5, 0.6) is 0 Å². The molecule has 0 aliphatic rings. The van der Waals surface area contributed by atoms with Crippen LogP contribution in [-0.2, 0) is 6.18 Å². The molecule has 0 saturated carbocycles. The van der Waals surface area contributed by atoms with E-state index in [9.17, 15) is 22.4 Å². The maximum atomic E-state index is 13.2. The quantitative estimate of drug-likeness (QED) is 0.764. The maximum absolute atomic E-state index is 13.2. The Kier molecular flexibility index (Phi) is 3.97. The Balaban J connectivity index is 2.36. The minimum absolute atomic E-state index is 0.227. The summed E-state index contributed by atoms with van der Waals surface area (Å²) in [6.07, 6.45) is -4.84. The minimum atomic E-state index is -4.84. The molecule has 2 aromatic carbocycles. The van der Waals surface area contributed by atoms with Crippen LogP contribution < -0.4 is 4.90 Å². The molecule has 0 saturated heterocycles. The van der Waals surface area contributed by atoms with Crippen LogP contribution in [0.1, 0.15) is 15.9 Å². The van der Waals surface area contributed by atoms with E-state index >= 15 is 0 Å². The second-order valence-electron chi connectivity index (χ2n) is 4.39. The highest BCUT2D eigenvalue weighted by atomic mass is 19.4. The number of para-hydroxylation sites is 1. The van der Waals surface area contributed by atoms with Crippen molar-refractivity contribution < 1.29 is 22.4 Å². The van der Waals surface area contributed by atoms with E-state index in [0.29, 0.717) is 17.8 Å². The Hall–Kier alpha value is -2.37. The van der Waals surface area contributed by atoms with Gasteiger partial charge < -0.3 is 4.90 Å². The molecule has 110 valence electrons. The molecule has 6 heteroatoms. The van der Waals surface area contributed by atoms with E-state index in [0.717, 1.165) is 6.07 Å². The highest BCUT2D eigenvalue weighted by molar-refractivity contribution is 6.05. The number of anilines is 1. The highest BCUT2D eigenvalue weighted by Gasteiger charge is 2.34. The summed E-state index contributed by atoms with van der Waals surface area (Å²) in [5.41, 5.74) is -1.15. The fraction of sp³-hybridized carbons (Fsp3) is 0.133. The van der Waals surface area contributed by atoms with Crippen molar-refractivity contribution in [3.63, 3.8) is 0 Å². The largest absolute Gasteiger partial charge is 0.419 e. The lowest BCUT2D eigenvalue weighted by Crippen LogP contribution is -2.26. The van der Waals surface area contributed by atoms with E-state index in [2.05, 4.69) is 0 Å². The van der Waals surface area contributed by atoms with Crippen LogP contribution >= 0.6 is 0 Å². The van der Waals surface area contributed by atoms with E-state index in [1.54, 1.807) is 30.3 Å². The number of carbonyl (C=O) groups excluding carboxylic acids is 1. The van der Waals surface area contributed by atoms with Gasteiger partial charge in [-0.25, -0.2) is 4.39 Å². The van der Waals surface area contributed by atoms with E-state index in [1.807, 2.05) is 0 Å². The van der Waals surface area contributed by atoms with Crippen molar-refractivity contribution in [3.8, 4) is 0 Å². The molecule has 0 aromatic heterocycles. The minimum Gasteiger partial charge on any atom is -0.311 e. The predicted octanol–water partition coefficient (Wildman–Crippen LogP) is 4.12. The van der Waals surface area contributed by atoms with Gasteiger partial charge in [-0.05, 0) is 30.3 Å². The summed E-state index contributed by atoms with van der Waals surface area (Å²) in [5.74, 6) is -2.05. The third-order valence-electron chi connectivity index (χ3n) is 2.97. The second kappa shape index (κ2) is 5.55. The van der Waals surface area contributed by atoms with Gasteiger partial charge in [0.2, 0.25) is 0 Å². The molecule has 0 aliphatic carbocycles. The van der Waals surface area contributed by atoms with Crippen molar-refractivity contribution in [2.75, 3.05) is 11.9 Å². The number of carbonyl (C=O) groups is 1. The number of amides is 1. The number of hydrogen-bond acceptors (Lipinski definition) is 1. The monoisotopic (exact) mass is 297 g/mol. The predicted molar refractivity (Wildman–Crippen MR) is 70.6 cm³/mol. The Morgan fingerprint density at radius 3 is 2.24 bits per heavy atom. The second-order valence-corrected chi connectivity index (χ2v) is 4.39. The van der Waals surface area contributed by atoms with E-state index in [1.165, 1.54) is 11.9 Å². The summed E-state index contributed by atoms with van der Waals surface area (Å²) in [6.45, 7) is 0. The molecule has 21 heavy (non-hydrogen) atoms. The standard InChI is InChI=1S/C15H11F4NO/c1-20(11-5-3-2-4-6-11)14(21)10-7-8-13(16)12(9-10)15(17,18)19/h2-9H,1H3. The van der Waals surface area contributed by atoms with Gasteiger partial charge in [0.05, 0.1) is 5.56 Å². The van der Waals surface area contributed by atoms with Crippen molar-refractivity contribution in [1.82, 2.24) is 0 Å². The molecule has 0 spiro atoms. The molecule has 0 radical (unpaired) electrons. The normalized spacial score (nSPS) is 11.3. The van der Waals surface area contributed by atoms with Gasteiger partial charge in [-0.1, -0.05) is 18.2 Å². The van der Waals surface area contributed by atoms with Crippen molar-refractivity contribution in [3.05, 3.63) is 65.5 Å².